The van der Waals surface area contributed by atoms with Crippen molar-refractivity contribution in [3.63, 3.8) is 0 Å². The van der Waals surface area contributed by atoms with E-state index in [1.165, 1.54) is 0 Å². The third-order valence-electron chi connectivity index (χ3n) is 6.01. The third-order valence-corrected chi connectivity index (χ3v) is 6.26. The number of rotatable bonds is 5. The summed E-state index contributed by atoms with van der Waals surface area (Å²) >= 11 is 6.14. The maximum absolute atomic E-state index is 13.4. The Balaban J connectivity index is 1.51. The highest BCUT2D eigenvalue weighted by Crippen LogP contribution is 2.49. The Bertz CT molecular complexity index is 1140. The van der Waals surface area contributed by atoms with E-state index in [4.69, 9.17) is 11.6 Å². The number of pyridine rings is 1. The molecule has 3 heterocycles. The maximum Gasteiger partial charge on any atom is 0.256 e. The van der Waals surface area contributed by atoms with E-state index in [9.17, 15) is 9.59 Å². The van der Waals surface area contributed by atoms with Crippen LogP contribution in [0.3, 0.4) is 0 Å². The average Bonchev–Trinajstić information content (AvgIpc) is 3.31. The molecule has 2 aliphatic rings. The van der Waals surface area contributed by atoms with Crippen LogP contribution >= 0.6 is 11.6 Å². The summed E-state index contributed by atoms with van der Waals surface area (Å²) in [6.07, 6.45) is 3.46. The number of nitrogens with zero attached hydrogens (tertiary/aromatic N) is 3. The van der Waals surface area contributed by atoms with Gasteiger partial charge in [0.1, 0.15) is 0 Å². The van der Waals surface area contributed by atoms with Gasteiger partial charge in [0.2, 0.25) is 5.91 Å². The fourth-order valence-corrected chi connectivity index (χ4v) is 4.82. The van der Waals surface area contributed by atoms with Gasteiger partial charge in [-0.1, -0.05) is 41.9 Å². The van der Waals surface area contributed by atoms with Crippen molar-refractivity contribution < 1.29 is 9.59 Å². The van der Waals surface area contributed by atoms with Crippen molar-refractivity contribution in [3.05, 3.63) is 100 Å². The summed E-state index contributed by atoms with van der Waals surface area (Å²) in [5.41, 5.74) is 2.44. The third kappa shape index (κ3) is 3.10. The van der Waals surface area contributed by atoms with Crippen LogP contribution in [0.15, 0.2) is 73.1 Å². The highest BCUT2D eigenvalue weighted by molar-refractivity contribution is 6.30. The first kappa shape index (κ1) is 19.7. The molecule has 7 heteroatoms. The molecule has 5 rings (SSSR count). The van der Waals surface area contributed by atoms with Crippen molar-refractivity contribution in [2.75, 3.05) is 19.6 Å². The summed E-state index contributed by atoms with van der Waals surface area (Å²) in [6, 6.07) is 18.8. The van der Waals surface area contributed by atoms with E-state index in [0.717, 1.165) is 16.7 Å². The van der Waals surface area contributed by atoms with Crippen molar-refractivity contribution in [1.29, 1.82) is 0 Å². The molecule has 2 amide bonds. The number of carbonyl (C=O) groups excluding carboxylic acids is 2. The molecule has 0 radical (unpaired) electrons. The number of hydrogen-bond acceptors (Lipinski definition) is 4. The van der Waals surface area contributed by atoms with E-state index in [1.54, 1.807) is 24.5 Å². The Kier molecular flexibility index (Phi) is 4.96. The summed E-state index contributed by atoms with van der Waals surface area (Å²) in [7, 11) is 0. The molecular formula is C24H21ClN4O2. The second-order valence-electron chi connectivity index (χ2n) is 7.69. The van der Waals surface area contributed by atoms with E-state index in [-0.39, 0.29) is 18.4 Å². The van der Waals surface area contributed by atoms with E-state index >= 15 is 0 Å². The number of nitrogens with one attached hydrogen (secondary N) is 1. The monoisotopic (exact) mass is 432 g/mol. The van der Waals surface area contributed by atoms with Crippen molar-refractivity contribution in [2.45, 2.75) is 12.2 Å². The zero-order valence-corrected chi connectivity index (χ0v) is 17.5. The molecule has 0 bridgehead atoms. The standard InChI is InChI=1S/C24H21ClN4O2/c25-19-7-5-18(6-8-19)24-21-4-2-1-3-20(21)23(31)29(24)14-13-28(24)22(30)16-27-15-17-9-11-26-12-10-17/h1-12,27H,13-16H2. The molecule has 1 saturated heterocycles. The Labute approximate surface area is 185 Å². The molecule has 1 N–H and O–H groups in total. The van der Waals surface area contributed by atoms with Crippen molar-refractivity contribution in [2.24, 2.45) is 0 Å². The molecule has 1 atom stereocenters. The Morgan fingerprint density at radius 1 is 1.03 bits per heavy atom. The van der Waals surface area contributed by atoms with Crippen molar-refractivity contribution >= 4 is 23.4 Å². The number of hydrogen-bond donors (Lipinski definition) is 1. The summed E-state index contributed by atoms with van der Waals surface area (Å²) in [5.74, 6) is -0.110. The lowest BCUT2D eigenvalue weighted by molar-refractivity contribution is -0.135. The first-order valence-corrected chi connectivity index (χ1v) is 10.6. The van der Waals surface area contributed by atoms with Gasteiger partial charge in [0.25, 0.3) is 5.91 Å². The molecule has 31 heavy (non-hydrogen) atoms. The Morgan fingerprint density at radius 3 is 2.55 bits per heavy atom. The molecule has 1 unspecified atom stereocenters. The van der Waals surface area contributed by atoms with Gasteiger partial charge in [0, 0.05) is 53.7 Å². The quantitative estimate of drug-likeness (QED) is 0.673. The Morgan fingerprint density at radius 2 is 1.77 bits per heavy atom. The van der Waals surface area contributed by atoms with Crippen LogP contribution in [-0.4, -0.2) is 46.2 Å². The molecule has 1 fully saturated rings. The topological polar surface area (TPSA) is 65.5 Å². The number of amides is 2. The molecular weight excluding hydrogens is 412 g/mol. The number of fused-ring (bicyclic) bond motifs is 3. The van der Waals surface area contributed by atoms with Gasteiger partial charge >= 0.3 is 0 Å². The fraction of sp³-hybridized carbons (Fsp3) is 0.208. The van der Waals surface area contributed by atoms with E-state index in [0.29, 0.717) is 30.2 Å². The summed E-state index contributed by atoms with van der Waals surface area (Å²) in [6.45, 7) is 1.68. The predicted molar refractivity (Wildman–Crippen MR) is 117 cm³/mol. The zero-order valence-electron chi connectivity index (χ0n) is 16.8. The van der Waals surface area contributed by atoms with Crippen molar-refractivity contribution in [1.82, 2.24) is 20.1 Å². The predicted octanol–water partition coefficient (Wildman–Crippen LogP) is 3.02. The van der Waals surface area contributed by atoms with Gasteiger partial charge in [-0.2, -0.15) is 0 Å². The van der Waals surface area contributed by atoms with Gasteiger partial charge in [-0.05, 0) is 35.9 Å². The minimum absolute atomic E-state index is 0.0504. The normalized spacial score (nSPS) is 19.5. The number of benzene rings is 2. The highest BCUT2D eigenvalue weighted by Gasteiger charge is 2.59. The highest BCUT2D eigenvalue weighted by atomic mass is 35.5. The van der Waals surface area contributed by atoms with Crippen LogP contribution in [0.1, 0.15) is 27.0 Å². The van der Waals surface area contributed by atoms with Crippen LogP contribution in [0.2, 0.25) is 5.02 Å². The lowest BCUT2D eigenvalue weighted by atomic mass is 9.90. The molecule has 0 saturated carbocycles. The molecule has 2 aliphatic heterocycles. The lowest BCUT2D eigenvalue weighted by Crippen LogP contribution is -2.53. The number of carbonyl (C=O) groups is 2. The average molecular weight is 433 g/mol. The van der Waals surface area contributed by atoms with Gasteiger partial charge in [-0.15, -0.1) is 0 Å². The SMILES string of the molecule is O=C(CNCc1ccncc1)N1CCN2C(=O)c3ccccc3C12c1ccc(Cl)cc1. The fourth-order valence-electron chi connectivity index (χ4n) is 4.69. The maximum atomic E-state index is 13.4. The van der Waals surface area contributed by atoms with E-state index < -0.39 is 5.66 Å². The second-order valence-corrected chi connectivity index (χ2v) is 8.12. The van der Waals surface area contributed by atoms with E-state index in [1.807, 2.05) is 58.3 Å². The first-order chi connectivity index (χ1) is 15.1. The summed E-state index contributed by atoms with van der Waals surface area (Å²) < 4.78 is 0. The molecule has 0 spiro atoms. The van der Waals surface area contributed by atoms with Crippen LogP contribution in [-0.2, 0) is 17.0 Å². The molecule has 2 aromatic carbocycles. The largest absolute Gasteiger partial charge is 0.309 e. The van der Waals surface area contributed by atoms with Crippen LogP contribution in [0.4, 0.5) is 0 Å². The molecule has 156 valence electrons. The number of aromatic nitrogens is 1. The minimum Gasteiger partial charge on any atom is -0.309 e. The van der Waals surface area contributed by atoms with E-state index in [2.05, 4.69) is 10.3 Å². The smallest absolute Gasteiger partial charge is 0.256 e. The summed E-state index contributed by atoms with van der Waals surface area (Å²) in [4.78, 5) is 34.3. The van der Waals surface area contributed by atoms with Gasteiger partial charge in [0.15, 0.2) is 5.66 Å². The second kappa shape index (κ2) is 7.80. The molecule has 3 aromatic rings. The van der Waals surface area contributed by atoms with Gasteiger partial charge in [-0.25, -0.2) is 0 Å². The van der Waals surface area contributed by atoms with Gasteiger partial charge < -0.3 is 15.1 Å². The molecule has 6 nitrogen and oxygen atoms in total. The zero-order chi connectivity index (χ0) is 21.4. The minimum atomic E-state index is -0.951. The number of halogens is 1. The Hall–Kier alpha value is -3.22. The first-order valence-electron chi connectivity index (χ1n) is 10.2. The van der Waals surface area contributed by atoms with Gasteiger partial charge in [0.05, 0.1) is 6.54 Å². The molecule has 1 aromatic heterocycles. The molecule has 0 aliphatic carbocycles. The van der Waals surface area contributed by atoms with Crippen LogP contribution in [0.5, 0.6) is 0 Å². The van der Waals surface area contributed by atoms with Crippen LogP contribution in [0, 0.1) is 0 Å². The van der Waals surface area contributed by atoms with Crippen LogP contribution < -0.4 is 5.32 Å². The van der Waals surface area contributed by atoms with Gasteiger partial charge in [-0.3, -0.25) is 14.6 Å². The lowest BCUT2D eigenvalue weighted by Gasteiger charge is -2.40. The van der Waals surface area contributed by atoms with Crippen LogP contribution in [0.25, 0.3) is 0 Å². The summed E-state index contributed by atoms with van der Waals surface area (Å²) in [5, 5.41) is 3.84. The van der Waals surface area contributed by atoms with Crippen molar-refractivity contribution in [3.8, 4) is 0 Å².